The van der Waals surface area contributed by atoms with Crippen LogP contribution < -0.4 is 5.32 Å². The highest BCUT2D eigenvalue weighted by molar-refractivity contribution is 5.77. The van der Waals surface area contributed by atoms with Crippen LogP contribution in [0.3, 0.4) is 0 Å². The van der Waals surface area contributed by atoms with Crippen LogP contribution in [0, 0.1) is 0 Å². The topological polar surface area (TPSA) is 139 Å². The Bertz CT molecular complexity index is 1550. The van der Waals surface area contributed by atoms with Gasteiger partial charge in [-0.15, -0.1) is 0 Å². The van der Waals surface area contributed by atoms with Crippen molar-refractivity contribution in [2.45, 2.75) is 78.4 Å². The van der Waals surface area contributed by atoms with E-state index in [-0.39, 0.29) is 25.3 Å². The van der Waals surface area contributed by atoms with Gasteiger partial charge in [-0.1, -0.05) is 31.2 Å². The largest absolute Gasteiger partial charge is 0.444 e. The van der Waals surface area contributed by atoms with Crippen LogP contribution in [0.5, 0.6) is 0 Å². The molecule has 1 fully saturated rings. The molecule has 0 aliphatic carbocycles. The standard InChI is InChI=1S/C33H42N6O4/c1-5-12-34-18-30-35-16-27(37-30)21-8-10-25(23(14-21)19-40)26-11-9-22(15-24(26)20-41)28-17-36-31(38-28)29-7-6-13-39(29)32(42)43-33(2,3)4/h8-11,14-17,29,34,40-41H,5-7,12-13,18-20H2,1-4H3,(H,35,37)(H,36,38)/t29-/m0/s1. The van der Waals surface area contributed by atoms with Crippen LogP contribution in [0.25, 0.3) is 33.6 Å². The maximum absolute atomic E-state index is 12.8. The molecular formula is C33H42N6O4. The second-order valence-electron chi connectivity index (χ2n) is 12.0. The van der Waals surface area contributed by atoms with Gasteiger partial charge in [0, 0.05) is 6.54 Å². The van der Waals surface area contributed by atoms with Crippen LogP contribution in [0.15, 0.2) is 48.8 Å². The van der Waals surface area contributed by atoms with Gasteiger partial charge in [0.05, 0.1) is 49.6 Å². The van der Waals surface area contributed by atoms with Crippen molar-refractivity contribution in [2.24, 2.45) is 0 Å². The van der Waals surface area contributed by atoms with Crippen molar-refractivity contribution < 1.29 is 19.7 Å². The highest BCUT2D eigenvalue weighted by Gasteiger charge is 2.34. The van der Waals surface area contributed by atoms with E-state index < -0.39 is 5.60 Å². The fraction of sp³-hybridized carbons (Fsp3) is 0.424. The molecule has 1 atom stereocenters. The number of benzene rings is 2. The van der Waals surface area contributed by atoms with Gasteiger partial charge in [0.25, 0.3) is 0 Å². The molecule has 0 spiro atoms. The molecule has 3 heterocycles. The number of hydrogen-bond donors (Lipinski definition) is 5. The van der Waals surface area contributed by atoms with Crippen molar-refractivity contribution in [3.8, 4) is 33.6 Å². The average Bonchev–Trinajstić information content (AvgIpc) is 3.77. The van der Waals surface area contributed by atoms with Gasteiger partial charge in [0.2, 0.25) is 0 Å². The Labute approximate surface area is 252 Å². The lowest BCUT2D eigenvalue weighted by molar-refractivity contribution is 0.0218. The minimum atomic E-state index is -0.564. The maximum Gasteiger partial charge on any atom is 0.410 e. The van der Waals surface area contributed by atoms with Gasteiger partial charge in [0.1, 0.15) is 17.2 Å². The van der Waals surface area contributed by atoms with Crippen molar-refractivity contribution in [3.05, 3.63) is 71.6 Å². The third-order valence-electron chi connectivity index (χ3n) is 7.60. The zero-order valence-electron chi connectivity index (χ0n) is 25.4. The fourth-order valence-electron chi connectivity index (χ4n) is 5.53. The normalized spacial score (nSPS) is 15.3. The number of rotatable bonds is 10. The Kier molecular flexibility index (Phi) is 9.29. The lowest BCUT2D eigenvalue weighted by Gasteiger charge is -2.27. The number of hydrogen-bond acceptors (Lipinski definition) is 7. The van der Waals surface area contributed by atoms with Gasteiger partial charge in [-0.2, -0.15) is 0 Å². The number of H-pyrrole nitrogens is 2. The van der Waals surface area contributed by atoms with E-state index in [1.54, 1.807) is 11.1 Å². The van der Waals surface area contributed by atoms with Gasteiger partial charge >= 0.3 is 6.09 Å². The van der Waals surface area contributed by atoms with E-state index in [1.165, 1.54) is 0 Å². The summed E-state index contributed by atoms with van der Waals surface area (Å²) < 4.78 is 5.61. The molecule has 1 aliphatic rings. The first kappa shape index (κ1) is 30.5. The number of imidazole rings is 2. The molecule has 1 amide bonds. The van der Waals surface area contributed by atoms with Crippen LogP contribution in [0.2, 0.25) is 0 Å². The van der Waals surface area contributed by atoms with Crippen LogP contribution in [-0.4, -0.2) is 59.8 Å². The molecule has 2 aromatic carbocycles. The molecular weight excluding hydrogens is 544 g/mol. The van der Waals surface area contributed by atoms with E-state index >= 15 is 0 Å². The predicted molar refractivity (Wildman–Crippen MR) is 166 cm³/mol. The third kappa shape index (κ3) is 6.98. The number of amides is 1. The quantitative estimate of drug-likeness (QED) is 0.150. The van der Waals surface area contributed by atoms with Gasteiger partial charge in [-0.05, 0) is 92.1 Å². The molecule has 0 bridgehead atoms. The molecule has 10 nitrogen and oxygen atoms in total. The third-order valence-corrected chi connectivity index (χ3v) is 7.60. The van der Waals surface area contributed by atoms with Crippen LogP contribution in [-0.2, 0) is 24.5 Å². The number of aromatic nitrogens is 4. The van der Waals surface area contributed by atoms with Crippen LogP contribution in [0.1, 0.15) is 75.8 Å². The van der Waals surface area contributed by atoms with Crippen molar-refractivity contribution in [2.75, 3.05) is 13.1 Å². The van der Waals surface area contributed by atoms with Crippen molar-refractivity contribution in [1.82, 2.24) is 30.2 Å². The first-order valence-corrected chi connectivity index (χ1v) is 15.0. The Morgan fingerprint density at radius 2 is 1.63 bits per heavy atom. The van der Waals surface area contributed by atoms with Crippen LogP contribution >= 0.6 is 0 Å². The number of ether oxygens (including phenoxy) is 1. The Morgan fingerprint density at radius 3 is 2.23 bits per heavy atom. The minimum Gasteiger partial charge on any atom is -0.444 e. The number of carbonyl (C=O) groups is 1. The molecule has 0 radical (unpaired) electrons. The van der Waals surface area contributed by atoms with Gasteiger partial charge in [-0.3, -0.25) is 4.90 Å². The molecule has 1 aliphatic heterocycles. The van der Waals surface area contributed by atoms with Crippen LogP contribution in [0.4, 0.5) is 4.79 Å². The molecule has 1 saturated heterocycles. The number of aliphatic hydroxyl groups excluding tert-OH is 2. The lowest BCUT2D eigenvalue weighted by Crippen LogP contribution is -2.36. The molecule has 5 N–H and O–H groups in total. The summed E-state index contributed by atoms with van der Waals surface area (Å²) in [6, 6.07) is 11.6. The predicted octanol–water partition coefficient (Wildman–Crippen LogP) is 5.69. The SMILES string of the molecule is CCCNCc1ncc(-c2ccc(-c3ccc(-c4cnc([C@@H]5CCCN5C(=O)OC(C)(C)C)[nH]4)cc3CO)c(CO)c2)[nH]1. The summed E-state index contributed by atoms with van der Waals surface area (Å²) in [5, 5.41) is 24.0. The van der Waals surface area contributed by atoms with E-state index in [1.807, 2.05) is 63.4 Å². The van der Waals surface area contributed by atoms with Gasteiger partial charge in [0.15, 0.2) is 0 Å². The van der Waals surface area contributed by atoms with E-state index in [9.17, 15) is 15.0 Å². The molecule has 10 heteroatoms. The lowest BCUT2D eigenvalue weighted by atomic mass is 9.92. The summed E-state index contributed by atoms with van der Waals surface area (Å²) in [7, 11) is 0. The smallest absolute Gasteiger partial charge is 0.410 e. The molecule has 228 valence electrons. The van der Waals surface area contributed by atoms with Gasteiger partial charge < -0.3 is 30.2 Å². The molecule has 43 heavy (non-hydrogen) atoms. The molecule has 2 aromatic heterocycles. The summed E-state index contributed by atoms with van der Waals surface area (Å²) >= 11 is 0. The number of carbonyl (C=O) groups excluding carboxylic acids is 1. The Hall–Kier alpha value is -3.99. The Balaban J connectivity index is 1.37. The zero-order valence-corrected chi connectivity index (χ0v) is 25.4. The van der Waals surface area contributed by atoms with Crippen molar-refractivity contribution >= 4 is 6.09 Å². The number of aromatic amines is 2. The summed E-state index contributed by atoms with van der Waals surface area (Å²) in [6.07, 6.45) is 5.99. The molecule has 0 saturated carbocycles. The average molecular weight is 587 g/mol. The summed E-state index contributed by atoms with van der Waals surface area (Å²) in [5.74, 6) is 1.58. The molecule has 0 unspecified atom stereocenters. The first-order valence-electron chi connectivity index (χ1n) is 15.0. The highest BCUT2D eigenvalue weighted by Crippen LogP contribution is 2.35. The van der Waals surface area contributed by atoms with E-state index in [2.05, 4.69) is 32.2 Å². The Morgan fingerprint density at radius 1 is 1.00 bits per heavy atom. The van der Waals surface area contributed by atoms with E-state index in [4.69, 9.17) is 4.74 Å². The second kappa shape index (κ2) is 13.1. The van der Waals surface area contributed by atoms with Crippen molar-refractivity contribution in [1.29, 1.82) is 0 Å². The number of likely N-dealkylation sites (tertiary alicyclic amines) is 1. The van der Waals surface area contributed by atoms with Crippen molar-refractivity contribution in [3.63, 3.8) is 0 Å². The fourth-order valence-corrected chi connectivity index (χ4v) is 5.53. The number of nitrogens with zero attached hydrogens (tertiary/aromatic N) is 3. The molecule has 4 aromatic rings. The summed E-state index contributed by atoms with van der Waals surface area (Å²) in [6.45, 7) is 9.64. The summed E-state index contributed by atoms with van der Waals surface area (Å²) in [5.41, 5.74) is 6.12. The first-order chi connectivity index (χ1) is 20.7. The maximum atomic E-state index is 12.8. The van der Waals surface area contributed by atoms with Gasteiger partial charge in [-0.25, -0.2) is 14.8 Å². The zero-order chi connectivity index (χ0) is 30.6. The highest BCUT2D eigenvalue weighted by atomic mass is 16.6. The summed E-state index contributed by atoms with van der Waals surface area (Å²) in [4.78, 5) is 30.4. The number of nitrogens with one attached hydrogen (secondary N) is 3. The number of aliphatic hydroxyl groups is 2. The van der Waals surface area contributed by atoms with E-state index in [0.29, 0.717) is 18.9 Å². The minimum absolute atomic E-state index is 0.145. The second-order valence-corrected chi connectivity index (χ2v) is 12.0. The molecule has 5 rings (SSSR count). The monoisotopic (exact) mass is 586 g/mol. The van der Waals surface area contributed by atoms with E-state index in [0.717, 1.165) is 76.4 Å².